The molecule has 0 aliphatic rings. The van der Waals surface area contributed by atoms with Gasteiger partial charge in [0.15, 0.2) is 0 Å². The van der Waals surface area contributed by atoms with Gasteiger partial charge >= 0.3 is 0 Å². The van der Waals surface area contributed by atoms with Gasteiger partial charge in [0.2, 0.25) is 0 Å². The Labute approximate surface area is 95.3 Å². The Kier molecular flexibility index (Phi) is 3.75. The van der Waals surface area contributed by atoms with E-state index in [9.17, 15) is 0 Å². The molecule has 3 nitrogen and oxygen atoms in total. The molecule has 2 rings (SSSR count). The topological polar surface area (TPSA) is 41.8 Å². The van der Waals surface area contributed by atoms with Crippen molar-refractivity contribution >= 4 is 0 Å². The molecule has 16 heavy (non-hydrogen) atoms. The molecule has 3 heteroatoms. The zero-order chi connectivity index (χ0) is 11.2. The Morgan fingerprint density at radius 3 is 2.62 bits per heavy atom. The van der Waals surface area contributed by atoms with Crippen molar-refractivity contribution in [2.75, 3.05) is 6.54 Å². The van der Waals surface area contributed by atoms with Crippen LogP contribution in [-0.2, 0) is 13.0 Å². The molecule has 0 radical (unpaired) electrons. The van der Waals surface area contributed by atoms with Crippen LogP contribution in [0.2, 0.25) is 0 Å². The highest BCUT2D eigenvalue weighted by molar-refractivity contribution is 5.17. The SMILES string of the molecule is O[NH2+]CCc1ccn(Cc2ccccc2)c1. The molecule has 0 amide bonds. The number of nitrogens with two attached hydrogens (primary N) is 1. The minimum Gasteiger partial charge on any atom is -0.350 e. The second-order valence-corrected chi connectivity index (χ2v) is 3.90. The summed E-state index contributed by atoms with van der Waals surface area (Å²) < 4.78 is 2.17. The molecule has 3 N–H and O–H groups in total. The zero-order valence-electron chi connectivity index (χ0n) is 9.21. The predicted molar refractivity (Wildman–Crippen MR) is 62.3 cm³/mol. The number of hydrogen-bond donors (Lipinski definition) is 2. The average molecular weight is 217 g/mol. The molecule has 1 aromatic carbocycles. The van der Waals surface area contributed by atoms with Crippen molar-refractivity contribution in [3.63, 3.8) is 0 Å². The third kappa shape index (κ3) is 2.95. The molecule has 0 spiro atoms. The van der Waals surface area contributed by atoms with Gasteiger partial charge in [0.25, 0.3) is 0 Å². The summed E-state index contributed by atoms with van der Waals surface area (Å²) in [6.45, 7) is 1.62. The summed E-state index contributed by atoms with van der Waals surface area (Å²) >= 11 is 0. The van der Waals surface area contributed by atoms with Crippen LogP contribution in [0, 0.1) is 0 Å². The first-order valence-corrected chi connectivity index (χ1v) is 5.53. The molecule has 1 heterocycles. The number of nitrogens with zero attached hydrogens (tertiary/aromatic N) is 1. The highest BCUT2D eigenvalue weighted by Gasteiger charge is 1.98. The van der Waals surface area contributed by atoms with Gasteiger partial charge in [0.1, 0.15) is 6.54 Å². The van der Waals surface area contributed by atoms with Crippen LogP contribution in [-0.4, -0.2) is 16.3 Å². The van der Waals surface area contributed by atoms with Gasteiger partial charge in [-0.05, 0) is 17.2 Å². The predicted octanol–water partition coefficient (Wildman–Crippen LogP) is 1.03. The maximum Gasteiger partial charge on any atom is 0.109 e. The summed E-state index contributed by atoms with van der Waals surface area (Å²) in [6.07, 6.45) is 5.12. The van der Waals surface area contributed by atoms with E-state index in [4.69, 9.17) is 5.21 Å². The molecular formula is C13H17N2O+. The Morgan fingerprint density at radius 1 is 1.06 bits per heavy atom. The van der Waals surface area contributed by atoms with E-state index in [1.807, 2.05) is 6.07 Å². The fraction of sp³-hybridized carbons (Fsp3) is 0.231. The van der Waals surface area contributed by atoms with E-state index in [0.29, 0.717) is 0 Å². The molecule has 0 aliphatic heterocycles. The number of benzene rings is 1. The van der Waals surface area contributed by atoms with Crippen LogP contribution in [0.1, 0.15) is 11.1 Å². The molecular weight excluding hydrogens is 200 g/mol. The van der Waals surface area contributed by atoms with Crippen LogP contribution in [0.25, 0.3) is 0 Å². The lowest BCUT2D eigenvalue weighted by Crippen LogP contribution is -2.81. The summed E-state index contributed by atoms with van der Waals surface area (Å²) in [5, 5.41) is 8.64. The third-order valence-corrected chi connectivity index (χ3v) is 2.58. The van der Waals surface area contributed by atoms with Crippen molar-refractivity contribution in [3.8, 4) is 0 Å². The zero-order valence-corrected chi connectivity index (χ0v) is 9.21. The molecule has 1 aromatic heterocycles. The van der Waals surface area contributed by atoms with Crippen LogP contribution in [0.3, 0.4) is 0 Å². The smallest absolute Gasteiger partial charge is 0.109 e. The van der Waals surface area contributed by atoms with Gasteiger partial charge in [-0.15, -0.1) is 0 Å². The number of hydrogen-bond acceptors (Lipinski definition) is 1. The summed E-state index contributed by atoms with van der Waals surface area (Å²) in [5.41, 5.74) is 3.79. The molecule has 0 saturated carbocycles. The minimum atomic E-state index is 0.718. The van der Waals surface area contributed by atoms with E-state index >= 15 is 0 Å². The summed E-state index contributed by atoms with van der Waals surface area (Å²) in [5.74, 6) is 0. The van der Waals surface area contributed by atoms with Crippen LogP contribution < -0.4 is 5.48 Å². The highest BCUT2D eigenvalue weighted by atomic mass is 16.5. The van der Waals surface area contributed by atoms with E-state index in [1.54, 1.807) is 0 Å². The first-order valence-electron chi connectivity index (χ1n) is 5.53. The third-order valence-electron chi connectivity index (χ3n) is 2.58. The van der Waals surface area contributed by atoms with E-state index in [1.165, 1.54) is 16.6 Å². The lowest BCUT2D eigenvalue weighted by Gasteiger charge is -2.02. The van der Waals surface area contributed by atoms with Gasteiger partial charge < -0.3 is 4.57 Å². The lowest BCUT2D eigenvalue weighted by atomic mass is 10.2. The molecule has 0 bridgehead atoms. The second kappa shape index (κ2) is 5.49. The Morgan fingerprint density at radius 2 is 1.88 bits per heavy atom. The van der Waals surface area contributed by atoms with Gasteiger partial charge in [0.05, 0.1) is 0 Å². The van der Waals surface area contributed by atoms with E-state index in [0.717, 1.165) is 19.5 Å². The Hall–Kier alpha value is -1.58. The number of aromatic nitrogens is 1. The quantitative estimate of drug-likeness (QED) is 0.722. The van der Waals surface area contributed by atoms with Crippen molar-refractivity contribution in [3.05, 3.63) is 59.9 Å². The van der Waals surface area contributed by atoms with Crippen LogP contribution in [0.15, 0.2) is 48.8 Å². The molecule has 0 saturated heterocycles. The first-order chi connectivity index (χ1) is 7.88. The van der Waals surface area contributed by atoms with Gasteiger partial charge in [0, 0.05) is 25.4 Å². The molecule has 0 unspecified atom stereocenters. The summed E-state index contributed by atoms with van der Waals surface area (Å²) in [4.78, 5) is 0. The van der Waals surface area contributed by atoms with Gasteiger partial charge in [-0.3, -0.25) is 0 Å². The van der Waals surface area contributed by atoms with Gasteiger partial charge in [-0.25, -0.2) is 10.7 Å². The van der Waals surface area contributed by atoms with Gasteiger partial charge in [-0.2, -0.15) is 0 Å². The van der Waals surface area contributed by atoms with Crippen LogP contribution in [0.5, 0.6) is 0 Å². The molecule has 0 aliphatic carbocycles. The van der Waals surface area contributed by atoms with Crippen molar-refractivity contribution in [1.82, 2.24) is 4.57 Å². The summed E-state index contributed by atoms with van der Waals surface area (Å²) in [6, 6.07) is 12.5. The standard InChI is InChI=1S/C13H16N2O/c16-14-8-6-13-7-9-15(11-13)10-12-4-2-1-3-5-12/h1-5,7,9,11,14,16H,6,8,10H2/p+1. The van der Waals surface area contributed by atoms with Crippen molar-refractivity contribution in [2.45, 2.75) is 13.0 Å². The molecule has 0 atom stereocenters. The number of hydroxylamine groups is 1. The normalized spacial score (nSPS) is 10.6. The average Bonchev–Trinajstić information content (AvgIpc) is 2.75. The maximum absolute atomic E-state index is 8.64. The second-order valence-electron chi connectivity index (χ2n) is 3.90. The fourth-order valence-electron chi connectivity index (χ4n) is 1.76. The lowest BCUT2D eigenvalue weighted by molar-refractivity contribution is -0.886. The maximum atomic E-state index is 8.64. The number of rotatable bonds is 5. The van der Waals surface area contributed by atoms with Gasteiger partial charge in [-0.1, -0.05) is 30.3 Å². The van der Waals surface area contributed by atoms with E-state index in [-0.39, 0.29) is 0 Å². The fourth-order valence-corrected chi connectivity index (χ4v) is 1.76. The monoisotopic (exact) mass is 217 g/mol. The molecule has 2 aromatic rings. The van der Waals surface area contributed by atoms with Crippen LogP contribution in [0.4, 0.5) is 0 Å². The molecule has 84 valence electrons. The van der Waals surface area contributed by atoms with E-state index in [2.05, 4.69) is 47.3 Å². The summed E-state index contributed by atoms with van der Waals surface area (Å²) in [7, 11) is 0. The first kappa shape index (κ1) is 10.9. The Bertz CT molecular complexity index is 423. The Balaban J connectivity index is 1.97. The largest absolute Gasteiger partial charge is 0.350 e. The van der Waals surface area contributed by atoms with Crippen molar-refractivity contribution in [1.29, 1.82) is 0 Å². The molecule has 0 fully saturated rings. The highest BCUT2D eigenvalue weighted by Crippen LogP contribution is 2.06. The van der Waals surface area contributed by atoms with Crippen molar-refractivity contribution in [2.24, 2.45) is 0 Å². The van der Waals surface area contributed by atoms with Crippen LogP contribution >= 0.6 is 0 Å². The number of quaternary nitrogens is 1. The van der Waals surface area contributed by atoms with E-state index < -0.39 is 0 Å². The minimum absolute atomic E-state index is 0.718. The van der Waals surface area contributed by atoms with Crippen molar-refractivity contribution < 1.29 is 10.7 Å².